The lowest BCUT2D eigenvalue weighted by Gasteiger charge is -2.10. The van der Waals surface area contributed by atoms with E-state index in [0.717, 1.165) is 0 Å². The molecular formula is C5H9NO3S. The summed E-state index contributed by atoms with van der Waals surface area (Å²) >= 11 is 0. The van der Waals surface area contributed by atoms with E-state index in [1.54, 1.807) is 0 Å². The molecule has 5 heteroatoms. The lowest BCUT2D eigenvalue weighted by Crippen LogP contribution is -2.27. The molecule has 1 heterocycles. The molecule has 0 saturated carbocycles. The minimum atomic E-state index is -0.850. The Morgan fingerprint density at radius 2 is 2.40 bits per heavy atom. The van der Waals surface area contributed by atoms with Crippen molar-refractivity contribution in [3.8, 4) is 0 Å². The number of carbonyl (C=O) groups is 1. The second-order valence-corrected chi connectivity index (χ2v) is 3.55. The molecular weight excluding hydrogens is 154 g/mol. The fourth-order valence-electron chi connectivity index (χ4n) is 0.788. The molecule has 0 bridgehead atoms. The van der Waals surface area contributed by atoms with Gasteiger partial charge in [0.1, 0.15) is 0 Å². The molecule has 1 saturated heterocycles. The van der Waals surface area contributed by atoms with E-state index < -0.39 is 10.8 Å². The standard InChI is InChI=1S/C5H9NO3S/c1-9-5(7)6-2-3-10(8)4-6/h2-4H2,1H3. The van der Waals surface area contributed by atoms with Gasteiger partial charge < -0.3 is 4.74 Å². The highest BCUT2D eigenvalue weighted by molar-refractivity contribution is 7.85. The van der Waals surface area contributed by atoms with Crippen molar-refractivity contribution in [3.05, 3.63) is 0 Å². The number of carbonyl (C=O) groups excluding carboxylic acids is 1. The van der Waals surface area contributed by atoms with Crippen molar-refractivity contribution < 1.29 is 13.7 Å². The molecule has 0 aliphatic carbocycles. The Bertz CT molecular complexity index is 170. The van der Waals surface area contributed by atoms with Gasteiger partial charge in [0.05, 0.1) is 13.0 Å². The predicted octanol–water partition coefficient (Wildman–Crippen LogP) is -0.225. The Morgan fingerprint density at radius 3 is 2.80 bits per heavy atom. The van der Waals surface area contributed by atoms with Gasteiger partial charge in [-0.2, -0.15) is 0 Å². The normalized spacial score (nSPS) is 24.9. The van der Waals surface area contributed by atoms with Crippen LogP contribution in [0.15, 0.2) is 0 Å². The molecule has 10 heavy (non-hydrogen) atoms. The fourth-order valence-corrected chi connectivity index (χ4v) is 1.92. The summed E-state index contributed by atoms with van der Waals surface area (Å²) in [6.07, 6.45) is -0.383. The monoisotopic (exact) mass is 163 g/mol. The van der Waals surface area contributed by atoms with E-state index in [9.17, 15) is 9.00 Å². The highest BCUT2D eigenvalue weighted by Gasteiger charge is 2.22. The Hall–Kier alpha value is -0.580. The molecule has 1 rings (SSSR count). The van der Waals surface area contributed by atoms with Crippen LogP contribution in [0.1, 0.15) is 0 Å². The summed E-state index contributed by atoms with van der Waals surface area (Å²) in [5.41, 5.74) is 0. The third-order valence-electron chi connectivity index (χ3n) is 1.32. The molecule has 4 nitrogen and oxygen atoms in total. The van der Waals surface area contributed by atoms with Gasteiger partial charge in [-0.05, 0) is 0 Å². The van der Waals surface area contributed by atoms with Gasteiger partial charge in [0.2, 0.25) is 0 Å². The first-order valence-corrected chi connectivity index (χ1v) is 4.40. The molecule has 1 aliphatic heterocycles. The Balaban J connectivity index is 2.44. The number of hydrogen-bond acceptors (Lipinski definition) is 3. The molecule has 1 fully saturated rings. The molecule has 1 atom stereocenters. The second kappa shape index (κ2) is 3.01. The largest absolute Gasteiger partial charge is 0.453 e. The van der Waals surface area contributed by atoms with E-state index in [2.05, 4.69) is 4.74 Å². The van der Waals surface area contributed by atoms with Crippen molar-refractivity contribution in [2.24, 2.45) is 0 Å². The summed E-state index contributed by atoms with van der Waals surface area (Å²) in [6, 6.07) is 0. The number of methoxy groups -OCH3 is 1. The molecule has 58 valence electrons. The van der Waals surface area contributed by atoms with Crippen molar-refractivity contribution in [2.75, 3.05) is 25.3 Å². The van der Waals surface area contributed by atoms with Gasteiger partial charge in [-0.25, -0.2) is 4.79 Å². The van der Waals surface area contributed by atoms with Gasteiger partial charge in [-0.3, -0.25) is 9.11 Å². The molecule has 1 amide bonds. The van der Waals surface area contributed by atoms with E-state index >= 15 is 0 Å². The van der Waals surface area contributed by atoms with Crippen molar-refractivity contribution in [2.45, 2.75) is 0 Å². The molecule has 0 N–H and O–H groups in total. The Morgan fingerprint density at radius 1 is 1.70 bits per heavy atom. The minimum Gasteiger partial charge on any atom is -0.453 e. The van der Waals surface area contributed by atoms with Crippen LogP contribution in [0.4, 0.5) is 4.79 Å². The van der Waals surface area contributed by atoms with Crippen LogP contribution in [0.3, 0.4) is 0 Å². The lowest BCUT2D eigenvalue weighted by atomic mass is 10.7. The lowest BCUT2D eigenvalue weighted by molar-refractivity contribution is 0.135. The van der Waals surface area contributed by atoms with Gasteiger partial charge >= 0.3 is 6.09 Å². The highest BCUT2D eigenvalue weighted by Crippen LogP contribution is 2.03. The van der Waals surface area contributed by atoms with E-state index in [4.69, 9.17) is 0 Å². The molecule has 0 aromatic heterocycles. The van der Waals surface area contributed by atoms with E-state index in [1.165, 1.54) is 12.0 Å². The zero-order chi connectivity index (χ0) is 7.56. The number of hydrogen-bond donors (Lipinski definition) is 0. The molecule has 0 aromatic rings. The Labute approximate surface area is 61.6 Å². The van der Waals surface area contributed by atoms with Crippen molar-refractivity contribution in [1.29, 1.82) is 0 Å². The van der Waals surface area contributed by atoms with Crippen LogP contribution in [0.5, 0.6) is 0 Å². The molecule has 0 radical (unpaired) electrons. The molecule has 1 aliphatic rings. The topological polar surface area (TPSA) is 46.6 Å². The van der Waals surface area contributed by atoms with Crippen LogP contribution in [-0.2, 0) is 15.5 Å². The van der Waals surface area contributed by atoms with Crippen LogP contribution >= 0.6 is 0 Å². The van der Waals surface area contributed by atoms with Gasteiger partial charge in [0.15, 0.2) is 0 Å². The highest BCUT2D eigenvalue weighted by atomic mass is 32.2. The zero-order valence-corrected chi connectivity index (χ0v) is 6.52. The summed E-state index contributed by atoms with van der Waals surface area (Å²) in [4.78, 5) is 12.2. The van der Waals surface area contributed by atoms with Crippen molar-refractivity contribution in [3.63, 3.8) is 0 Å². The van der Waals surface area contributed by atoms with Crippen LogP contribution in [0.2, 0.25) is 0 Å². The molecule has 0 spiro atoms. The van der Waals surface area contributed by atoms with Gasteiger partial charge in [0, 0.05) is 23.1 Å². The average Bonchev–Trinajstić information content (AvgIpc) is 2.34. The molecule has 0 aromatic carbocycles. The van der Waals surface area contributed by atoms with Crippen LogP contribution in [0, 0.1) is 0 Å². The third kappa shape index (κ3) is 1.47. The predicted molar refractivity (Wildman–Crippen MR) is 37.0 cm³/mol. The van der Waals surface area contributed by atoms with Gasteiger partial charge in [0.25, 0.3) is 0 Å². The van der Waals surface area contributed by atoms with E-state index in [-0.39, 0.29) is 6.09 Å². The quantitative estimate of drug-likeness (QED) is 0.495. The van der Waals surface area contributed by atoms with Crippen LogP contribution in [-0.4, -0.2) is 40.5 Å². The number of ether oxygens (including phenoxy) is 1. The number of amides is 1. The fraction of sp³-hybridized carbons (Fsp3) is 0.800. The second-order valence-electron chi connectivity index (χ2n) is 2.01. The maximum atomic E-state index is 10.7. The van der Waals surface area contributed by atoms with Crippen molar-refractivity contribution >= 4 is 16.9 Å². The average molecular weight is 163 g/mol. The number of nitrogens with zero attached hydrogens (tertiary/aromatic N) is 1. The summed E-state index contributed by atoms with van der Waals surface area (Å²) in [5.74, 6) is 0.905. The SMILES string of the molecule is COC(=O)N1CCS(=O)C1. The smallest absolute Gasteiger partial charge is 0.410 e. The maximum absolute atomic E-state index is 10.7. The first kappa shape index (κ1) is 7.53. The van der Waals surface area contributed by atoms with E-state index in [1.807, 2.05) is 0 Å². The van der Waals surface area contributed by atoms with Crippen molar-refractivity contribution in [1.82, 2.24) is 4.90 Å². The maximum Gasteiger partial charge on any atom is 0.410 e. The van der Waals surface area contributed by atoms with Crippen LogP contribution < -0.4 is 0 Å². The zero-order valence-electron chi connectivity index (χ0n) is 5.70. The van der Waals surface area contributed by atoms with Gasteiger partial charge in [-0.1, -0.05) is 0 Å². The molecule has 1 unspecified atom stereocenters. The minimum absolute atomic E-state index is 0.326. The summed E-state index contributed by atoms with van der Waals surface area (Å²) < 4.78 is 15.2. The summed E-state index contributed by atoms with van der Waals surface area (Å²) in [5, 5.41) is 0. The summed E-state index contributed by atoms with van der Waals surface area (Å²) in [6.45, 7) is 0.555. The summed E-state index contributed by atoms with van der Waals surface area (Å²) in [7, 11) is 0.473. The first-order valence-electron chi connectivity index (χ1n) is 2.92. The number of rotatable bonds is 0. The third-order valence-corrected chi connectivity index (χ3v) is 2.56. The first-order chi connectivity index (χ1) is 4.74. The van der Waals surface area contributed by atoms with Crippen LogP contribution in [0.25, 0.3) is 0 Å². The Kier molecular flexibility index (Phi) is 2.26. The van der Waals surface area contributed by atoms with E-state index in [0.29, 0.717) is 18.2 Å². The van der Waals surface area contributed by atoms with Gasteiger partial charge in [-0.15, -0.1) is 0 Å².